The number of benzene rings is 1. The van der Waals surface area contributed by atoms with Gasteiger partial charge in [0.05, 0.1) is 6.10 Å². The van der Waals surface area contributed by atoms with E-state index in [1.54, 1.807) is 0 Å². The van der Waals surface area contributed by atoms with Gasteiger partial charge in [0, 0.05) is 12.6 Å². The predicted molar refractivity (Wildman–Crippen MR) is 80.5 cm³/mol. The van der Waals surface area contributed by atoms with E-state index in [9.17, 15) is 0 Å². The zero-order valence-electron chi connectivity index (χ0n) is 12.5. The summed E-state index contributed by atoms with van der Waals surface area (Å²) in [5.41, 5.74) is 1.32. The molecular weight excluding hydrogens is 234 g/mol. The van der Waals surface area contributed by atoms with Crippen molar-refractivity contribution in [2.24, 2.45) is 5.92 Å². The highest BCUT2D eigenvalue weighted by Gasteiger charge is 2.20. The Labute approximate surface area is 117 Å². The van der Waals surface area contributed by atoms with E-state index in [4.69, 9.17) is 4.74 Å². The standard InChI is InChI=1S/C17H27NO/c1-13(2)19-16-9-6-8-15(11-16)12-18-17-10-5-4-7-14(17)3/h6,8-9,11,13-14,17-18H,4-5,7,10,12H2,1-3H3. The van der Waals surface area contributed by atoms with E-state index in [1.165, 1.54) is 31.2 Å². The topological polar surface area (TPSA) is 21.3 Å². The van der Waals surface area contributed by atoms with E-state index in [0.29, 0.717) is 6.04 Å². The molecule has 2 nitrogen and oxygen atoms in total. The molecule has 1 fully saturated rings. The monoisotopic (exact) mass is 261 g/mol. The Hall–Kier alpha value is -1.02. The summed E-state index contributed by atoms with van der Waals surface area (Å²) >= 11 is 0. The smallest absolute Gasteiger partial charge is 0.120 e. The second kappa shape index (κ2) is 6.95. The first kappa shape index (κ1) is 14.4. The Morgan fingerprint density at radius 3 is 2.79 bits per heavy atom. The molecule has 2 atom stereocenters. The van der Waals surface area contributed by atoms with Crippen molar-refractivity contribution < 1.29 is 4.74 Å². The van der Waals surface area contributed by atoms with Gasteiger partial charge in [-0.25, -0.2) is 0 Å². The number of rotatable bonds is 5. The van der Waals surface area contributed by atoms with Crippen LogP contribution in [-0.2, 0) is 6.54 Å². The van der Waals surface area contributed by atoms with Crippen LogP contribution in [0.5, 0.6) is 5.75 Å². The molecule has 0 aliphatic heterocycles. The van der Waals surface area contributed by atoms with E-state index < -0.39 is 0 Å². The summed E-state index contributed by atoms with van der Waals surface area (Å²) in [6, 6.07) is 9.13. The maximum atomic E-state index is 5.74. The summed E-state index contributed by atoms with van der Waals surface area (Å²) in [6.07, 6.45) is 5.70. The molecule has 19 heavy (non-hydrogen) atoms. The van der Waals surface area contributed by atoms with E-state index >= 15 is 0 Å². The van der Waals surface area contributed by atoms with E-state index in [-0.39, 0.29) is 6.10 Å². The first-order chi connectivity index (χ1) is 9.15. The maximum absolute atomic E-state index is 5.74. The van der Waals surface area contributed by atoms with Gasteiger partial charge < -0.3 is 10.1 Å². The van der Waals surface area contributed by atoms with Gasteiger partial charge in [-0.15, -0.1) is 0 Å². The lowest BCUT2D eigenvalue weighted by atomic mass is 9.86. The Balaban J connectivity index is 1.88. The van der Waals surface area contributed by atoms with Gasteiger partial charge in [-0.3, -0.25) is 0 Å². The van der Waals surface area contributed by atoms with Crippen molar-refractivity contribution in [3.63, 3.8) is 0 Å². The van der Waals surface area contributed by atoms with Gasteiger partial charge in [-0.2, -0.15) is 0 Å². The van der Waals surface area contributed by atoms with Gasteiger partial charge in [0.1, 0.15) is 5.75 Å². The van der Waals surface area contributed by atoms with Crippen LogP contribution >= 0.6 is 0 Å². The summed E-state index contributed by atoms with van der Waals surface area (Å²) < 4.78 is 5.74. The number of ether oxygens (including phenoxy) is 1. The fraction of sp³-hybridized carbons (Fsp3) is 0.647. The Bertz CT molecular complexity index is 389. The molecular formula is C17H27NO. The van der Waals surface area contributed by atoms with Crippen LogP contribution in [0.25, 0.3) is 0 Å². The Kier molecular flexibility index (Phi) is 5.26. The second-order valence-corrected chi connectivity index (χ2v) is 6.06. The molecule has 2 unspecified atom stereocenters. The third-order valence-corrected chi connectivity index (χ3v) is 3.95. The first-order valence-corrected chi connectivity index (χ1v) is 7.64. The van der Waals surface area contributed by atoms with E-state index in [2.05, 4.69) is 44.3 Å². The number of nitrogens with one attached hydrogen (secondary N) is 1. The summed E-state index contributed by atoms with van der Waals surface area (Å²) in [6.45, 7) is 7.45. The molecule has 0 spiro atoms. The largest absolute Gasteiger partial charge is 0.491 e. The minimum Gasteiger partial charge on any atom is -0.491 e. The molecule has 1 saturated carbocycles. The molecule has 0 radical (unpaired) electrons. The summed E-state index contributed by atoms with van der Waals surface area (Å²) in [5.74, 6) is 1.79. The molecule has 0 saturated heterocycles. The number of hydrogen-bond donors (Lipinski definition) is 1. The molecule has 0 aromatic heterocycles. The molecule has 1 aliphatic carbocycles. The quantitative estimate of drug-likeness (QED) is 0.860. The van der Waals surface area contributed by atoms with Crippen LogP contribution in [0.2, 0.25) is 0 Å². The van der Waals surface area contributed by atoms with Crippen molar-refractivity contribution in [3.8, 4) is 5.75 Å². The molecule has 0 amide bonds. The van der Waals surface area contributed by atoms with E-state index in [1.807, 2.05) is 6.07 Å². The summed E-state index contributed by atoms with van der Waals surface area (Å²) in [7, 11) is 0. The highest BCUT2D eigenvalue weighted by atomic mass is 16.5. The molecule has 1 aromatic carbocycles. The maximum Gasteiger partial charge on any atom is 0.120 e. The lowest BCUT2D eigenvalue weighted by molar-refractivity contribution is 0.242. The van der Waals surface area contributed by atoms with Crippen molar-refractivity contribution in [2.75, 3.05) is 0 Å². The minimum absolute atomic E-state index is 0.238. The van der Waals surface area contributed by atoms with Crippen LogP contribution < -0.4 is 10.1 Å². The van der Waals surface area contributed by atoms with Crippen LogP contribution in [0.3, 0.4) is 0 Å². The fourth-order valence-electron chi connectivity index (χ4n) is 2.87. The predicted octanol–water partition coefficient (Wildman–Crippen LogP) is 4.14. The van der Waals surface area contributed by atoms with Crippen molar-refractivity contribution >= 4 is 0 Å². The van der Waals surface area contributed by atoms with Gasteiger partial charge in [-0.05, 0) is 50.3 Å². The van der Waals surface area contributed by atoms with Crippen molar-refractivity contribution in [1.29, 1.82) is 0 Å². The number of hydrogen-bond acceptors (Lipinski definition) is 2. The lowest BCUT2D eigenvalue weighted by Gasteiger charge is -2.29. The Morgan fingerprint density at radius 2 is 2.05 bits per heavy atom. The van der Waals surface area contributed by atoms with Gasteiger partial charge in [-0.1, -0.05) is 31.9 Å². The van der Waals surface area contributed by atoms with Crippen LogP contribution in [-0.4, -0.2) is 12.1 Å². The first-order valence-electron chi connectivity index (χ1n) is 7.64. The zero-order valence-corrected chi connectivity index (χ0v) is 12.5. The van der Waals surface area contributed by atoms with Gasteiger partial charge in [0.25, 0.3) is 0 Å². The van der Waals surface area contributed by atoms with Crippen molar-refractivity contribution in [2.45, 2.75) is 65.1 Å². The molecule has 0 bridgehead atoms. The van der Waals surface area contributed by atoms with Gasteiger partial charge >= 0.3 is 0 Å². The van der Waals surface area contributed by atoms with Crippen LogP contribution in [0, 0.1) is 5.92 Å². The molecule has 1 N–H and O–H groups in total. The van der Waals surface area contributed by atoms with Crippen LogP contribution in [0.1, 0.15) is 52.0 Å². The minimum atomic E-state index is 0.238. The summed E-state index contributed by atoms with van der Waals surface area (Å²) in [5, 5.41) is 3.71. The average molecular weight is 261 g/mol. The Morgan fingerprint density at radius 1 is 1.26 bits per heavy atom. The molecule has 1 aliphatic rings. The highest BCUT2D eigenvalue weighted by Crippen LogP contribution is 2.24. The third kappa shape index (κ3) is 4.54. The van der Waals surface area contributed by atoms with Gasteiger partial charge in [0.15, 0.2) is 0 Å². The average Bonchev–Trinajstić information content (AvgIpc) is 2.37. The van der Waals surface area contributed by atoms with E-state index in [0.717, 1.165) is 18.2 Å². The van der Waals surface area contributed by atoms with Crippen molar-refractivity contribution in [1.82, 2.24) is 5.32 Å². The fourth-order valence-corrected chi connectivity index (χ4v) is 2.87. The zero-order chi connectivity index (χ0) is 13.7. The normalized spacial score (nSPS) is 23.6. The van der Waals surface area contributed by atoms with Crippen LogP contribution in [0.4, 0.5) is 0 Å². The SMILES string of the molecule is CC(C)Oc1cccc(CNC2CCCCC2C)c1. The molecule has 0 heterocycles. The second-order valence-electron chi connectivity index (χ2n) is 6.06. The third-order valence-electron chi connectivity index (χ3n) is 3.95. The molecule has 1 aromatic rings. The molecule has 2 heteroatoms. The van der Waals surface area contributed by atoms with Crippen molar-refractivity contribution in [3.05, 3.63) is 29.8 Å². The molecule has 2 rings (SSSR count). The lowest BCUT2D eigenvalue weighted by Crippen LogP contribution is -2.36. The van der Waals surface area contributed by atoms with Crippen LogP contribution in [0.15, 0.2) is 24.3 Å². The summed E-state index contributed by atoms with van der Waals surface area (Å²) in [4.78, 5) is 0. The molecule has 106 valence electrons. The highest BCUT2D eigenvalue weighted by molar-refractivity contribution is 5.28. The van der Waals surface area contributed by atoms with Gasteiger partial charge in [0.2, 0.25) is 0 Å².